The van der Waals surface area contributed by atoms with Crippen molar-refractivity contribution in [1.29, 1.82) is 0 Å². The minimum absolute atomic E-state index is 0.0745. The van der Waals surface area contributed by atoms with Crippen LogP contribution < -0.4 is 4.74 Å². The number of allylic oxidation sites excluding steroid dienone is 2. The second-order valence-corrected chi connectivity index (χ2v) is 6.51. The molecule has 0 aromatic heterocycles. The normalized spacial score (nSPS) is 19.3. The number of carbonyl (C=O) groups is 1. The lowest BCUT2D eigenvalue weighted by molar-refractivity contribution is 0.111. The van der Waals surface area contributed by atoms with Crippen molar-refractivity contribution in [3.63, 3.8) is 0 Å². The maximum absolute atomic E-state index is 11.1. The molecular formula is C18H21ClO3. The molecule has 1 unspecified atom stereocenters. The number of carbonyl (C=O) groups excluding carboxylic acids is 1. The summed E-state index contributed by atoms with van der Waals surface area (Å²) < 4.78 is 6.07. The number of aldehydes is 1. The Kier molecular flexibility index (Phi) is 4.66. The molecule has 0 bridgehead atoms. The van der Waals surface area contributed by atoms with Gasteiger partial charge in [-0.05, 0) is 58.3 Å². The SMILES string of the molecule is CC(C)=CCCC1(C)C=Cc2c(O)c(C=O)c(C)c(Cl)c2O1. The van der Waals surface area contributed by atoms with Gasteiger partial charge in [-0.15, -0.1) is 0 Å². The lowest BCUT2D eigenvalue weighted by atomic mass is 9.92. The highest BCUT2D eigenvalue weighted by molar-refractivity contribution is 6.33. The highest BCUT2D eigenvalue weighted by Crippen LogP contribution is 2.46. The summed E-state index contributed by atoms with van der Waals surface area (Å²) in [6.45, 7) is 7.82. The van der Waals surface area contributed by atoms with Crippen molar-refractivity contribution in [3.05, 3.63) is 39.4 Å². The van der Waals surface area contributed by atoms with E-state index in [1.807, 2.05) is 13.0 Å². The summed E-state index contributed by atoms with van der Waals surface area (Å²) in [5, 5.41) is 10.6. The third kappa shape index (κ3) is 3.05. The molecule has 2 rings (SSSR count). The Morgan fingerprint density at radius 3 is 2.73 bits per heavy atom. The van der Waals surface area contributed by atoms with Gasteiger partial charge in [0.05, 0.1) is 16.1 Å². The largest absolute Gasteiger partial charge is 0.506 e. The van der Waals surface area contributed by atoms with E-state index in [0.717, 1.165) is 12.8 Å². The first-order valence-electron chi connectivity index (χ1n) is 7.31. The Morgan fingerprint density at radius 1 is 1.45 bits per heavy atom. The summed E-state index contributed by atoms with van der Waals surface area (Å²) >= 11 is 6.34. The standard InChI is InChI=1S/C18H21ClO3/c1-11(2)6-5-8-18(4)9-7-13-16(21)14(10-20)12(3)15(19)17(13)22-18/h6-7,9-10,21H,5,8H2,1-4H3. The van der Waals surface area contributed by atoms with Crippen LogP contribution in [0, 0.1) is 6.92 Å². The van der Waals surface area contributed by atoms with Crippen LogP contribution in [-0.4, -0.2) is 17.0 Å². The minimum Gasteiger partial charge on any atom is -0.506 e. The number of benzene rings is 1. The van der Waals surface area contributed by atoms with Gasteiger partial charge in [0.1, 0.15) is 17.1 Å². The average molecular weight is 321 g/mol. The molecule has 118 valence electrons. The average Bonchev–Trinajstić information content (AvgIpc) is 2.45. The lowest BCUT2D eigenvalue weighted by Crippen LogP contribution is -2.32. The first-order chi connectivity index (χ1) is 10.3. The van der Waals surface area contributed by atoms with Crippen LogP contribution in [0.3, 0.4) is 0 Å². The summed E-state index contributed by atoms with van der Waals surface area (Å²) in [5.41, 5.74) is 2.01. The van der Waals surface area contributed by atoms with Gasteiger partial charge in [0.2, 0.25) is 0 Å². The summed E-state index contributed by atoms with van der Waals surface area (Å²) in [5.74, 6) is 0.374. The second kappa shape index (κ2) is 6.17. The molecule has 0 amide bonds. The van der Waals surface area contributed by atoms with E-state index in [1.54, 1.807) is 13.0 Å². The predicted octanol–water partition coefficient (Wildman–Crippen LogP) is 5.08. The van der Waals surface area contributed by atoms with E-state index in [-0.39, 0.29) is 11.3 Å². The Labute approximate surface area is 136 Å². The molecule has 1 heterocycles. The van der Waals surface area contributed by atoms with Gasteiger partial charge in [0, 0.05) is 0 Å². The number of halogens is 1. The molecule has 0 radical (unpaired) electrons. The molecule has 1 atom stereocenters. The molecule has 4 heteroatoms. The molecule has 0 saturated heterocycles. The number of rotatable bonds is 4. The topological polar surface area (TPSA) is 46.5 Å². The van der Waals surface area contributed by atoms with E-state index < -0.39 is 5.60 Å². The van der Waals surface area contributed by atoms with Gasteiger partial charge in [0.15, 0.2) is 6.29 Å². The summed E-state index contributed by atoms with van der Waals surface area (Å²) in [6.07, 6.45) is 8.18. The number of phenols is 1. The van der Waals surface area contributed by atoms with Crippen molar-refractivity contribution < 1.29 is 14.6 Å². The fourth-order valence-electron chi connectivity index (χ4n) is 2.54. The van der Waals surface area contributed by atoms with Gasteiger partial charge >= 0.3 is 0 Å². The lowest BCUT2D eigenvalue weighted by Gasteiger charge is -2.33. The predicted molar refractivity (Wildman–Crippen MR) is 90.0 cm³/mol. The Morgan fingerprint density at radius 2 is 2.14 bits per heavy atom. The molecule has 0 aliphatic carbocycles. The second-order valence-electron chi connectivity index (χ2n) is 6.13. The van der Waals surface area contributed by atoms with Crippen LogP contribution in [0.1, 0.15) is 55.1 Å². The van der Waals surface area contributed by atoms with Crippen LogP contribution in [0.5, 0.6) is 11.5 Å². The fraction of sp³-hybridized carbons (Fsp3) is 0.389. The van der Waals surface area contributed by atoms with Crippen molar-refractivity contribution in [2.24, 2.45) is 0 Å². The molecule has 0 saturated carbocycles. The molecule has 1 aromatic rings. The number of phenolic OH excluding ortho intramolecular Hbond substituents is 1. The van der Waals surface area contributed by atoms with Gasteiger partial charge in [0.25, 0.3) is 0 Å². The third-order valence-electron chi connectivity index (χ3n) is 3.94. The van der Waals surface area contributed by atoms with Crippen molar-refractivity contribution in [1.82, 2.24) is 0 Å². The van der Waals surface area contributed by atoms with E-state index in [9.17, 15) is 9.90 Å². The molecule has 1 aromatic carbocycles. The highest BCUT2D eigenvalue weighted by Gasteiger charge is 2.31. The number of ether oxygens (including phenoxy) is 1. The van der Waals surface area contributed by atoms with Crippen molar-refractivity contribution in [2.75, 3.05) is 0 Å². The van der Waals surface area contributed by atoms with Gasteiger partial charge in [-0.2, -0.15) is 0 Å². The maximum atomic E-state index is 11.1. The van der Waals surface area contributed by atoms with E-state index in [1.165, 1.54) is 5.57 Å². The first-order valence-corrected chi connectivity index (χ1v) is 7.68. The van der Waals surface area contributed by atoms with Crippen LogP contribution >= 0.6 is 11.6 Å². The Hall–Kier alpha value is -1.74. The zero-order valence-corrected chi connectivity index (χ0v) is 14.1. The maximum Gasteiger partial charge on any atom is 0.154 e. The molecule has 1 aliphatic heterocycles. The van der Waals surface area contributed by atoms with E-state index in [4.69, 9.17) is 16.3 Å². The number of fused-ring (bicyclic) bond motifs is 1. The smallest absolute Gasteiger partial charge is 0.154 e. The molecule has 0 fully saturated rings. The summed E-state index contributed by atoms with van der Waals surface area (Å²) in [6, 6.07) is 0. The van der Waals surface area contributed by atoms with Gasteiger partial charge in [-0.3, -0.25) is 4.79 Å². The molecular weight excluding hydrogens is 300 g/mol. The van der Waals surface area contributed by atoms with Crippen LogP contribution in [0.4, 0.5) is 0 Å². The van der Waals surface area contributed by atoms with Crippen LogP contribution in [-0.2, 0) is 0 Å². The number of hydrogen-bond donors (Lipinski definition) is 1. The first kappa shape index (κ1) is 16.6. The molecule has 0 spiro atoms. The zero-order chi connectivity index (χ0) is 16.5. The summed E-state index contributed by atoms with van der Waals surface area (Å²) in [7, 11) is 0. The van der Waals surface area contributed by atoms with E-state index in [0.29, 0.717) is 28.2 Å². The van der Waals surface area contributed by atoms with Crippen LogP contribution in [0.15, 0.2) is 17.7 Å². The minimum atomic E-state index is -0.482. The van der Waals surface area contributed by atoms with E-state index in [2.05, 4.69) is 19.9 Å². The fourth-order valence-corrected chi connectivity index (χ4v) is 2.79. The number of hydrogen-bond acceptors (Lipinski definition) is 3. The van der Waals surface area contributed by atoms with Gasteiger partial charge < -0.3 is 9.84 Å². The van der Waals surface area contributed by atoms with Crippen molar-refractivity contribution in [2.45, 2.75) is 46.1 Å². The Bertz CT molecular complexity index is 670. The van der Waals surface area contributed by atoms with Crippen LogP contribution in [0.25, 0.3) is 6.08 Å². The third-order valence-corrected chi connectivity index (χ3v) is 4.39. The molecule has 22 heavy (non-hydrogen) atoms. The summed E-state index contributed by atoms with van der Waals surface area (Å²) in [4.78, 5) is 11.1. The van der Waals surface area contributed by atoms with Gasteiger partial charge in [-0.1, -0.05) is 23.3 Å². The monoisotopic (exact) mass is 320 g/mol. The Balaban J connectivity index is 2.40. The molecule has 3 nitrogen and oxygen atoms in total. The highest BCUT2D eigenvalue weighted by atomic mass is 35.5. The number of aromatic hydroxyl groups is 1. The van der Waals surface area contributed by atoms with Crippen molar-refractivity contribution >= 4 is 24.0 Å². The van der Waals surface area contributed by atoms with Gasteiger partial charge in [-0.25, -0.2) is 0 Å². The van der Waals surface area contributed by atoms with E-state index >= 15 is 0 Å². The molecule has 1 N–H and O–H groups in total. The van der Waals surface area contributed by atoms with Crippen molar-refractivity contribution in [3.8, 4) is 11.5 Å². The van der Waals surface area contributed by atoms with Crippen LogP contribution in [0.2, 0.25) is 5.02 Å². The molecule has 1 aliphatic rings. The zero-order valence-electron chi connectivity index (χ0n) is 13.4. The quantitative estimate of drug-likeness (QED) is 0.621.